The van der Waals surface area contributed by atoms with E-state index in [-0.39, 0.29) is 10.5 Å². The van der Waals surface area contributed by atoms with Crippen molar-refractivity contribution in [2.45, 2.75) is 19.0 Å². The summed E-state index contributed by atoms with van der Waals surface area (Å²) < 4.78 is 42.8. The van der Waals surface area contributed by atoms with Crippen molar-refractivity contribution in [3.8, 4) is 0 Å². The minimum atomic E-state index is -4.43. The molecule has 9 heteroatoms. The molecule has 2 saturated heterocycles. The summed E-state index contributed by atoms with van der Waals surface area (Å²) in [5.41, 5.74) is 0.0251. The number of anilines is 1. The molecule has 0 aliphatic carbocycles. The summed E-state index contributed by atoms with van der Waals surface area (Å²) >= 11 is 0.431. The second-order valence-electron chi connectivity index (χ2n) is 5.43. The molecule has 3 rings (SSSR count). The van der Waals surface area contributed by atoms with E-state index in [1.54, 1.807) is 4.90 Å². The molecule has 3 heterocycles. The summed E-state index contributed by atoms with van der Waals surface area (Å²) in [5.74, 6) is 0. The molecule has 0 bridgehead atoms. The molecule has 0 aromatic carbocycles. The zero-order chi connectivity index (χ0) is 15.1. The Balaban J connectivity index is 1.61. The van der Waals surface area contributed by atoms with Crippen LogP contribution in [0.3, 0.4) is 0 Å². The third-order valence-corrected chi connectivity index (χ3v) is 4.87. The summed E-state index contributed by atoms with van der Waals surface area (Å²) in [6.45, 7) is 2.52. The van der Waals surface area contributed by atoms with Crippen molar-refractivity contribution in [3.63, 3.8) is 0 Å². The van der Waals surface area contributed by atoms with Gasteiger partial charge in [-0.1, -0.05) is 11.3 Å². The lowest BCUT2D eigenvalue weighted by molar-refractivity contribution is -0.134. The Bertz CT molecular complexity index is 540. The summed E-state index contributed by atoms with van der Waals surface area (Å²) in [6, 6.07) is -0.401. The number of urea groups is 1. The monoisotopic (exact) mass is 321 g/mol. The molecule has 0 saturated carbocycles. The Kier molecular flexibility index (Phi) is 3.56. The number of ether oxygens (including phenoxy) is 1. The lowest BCUT2D eigenvalue weighted by Crippen LogP contribution is -2.35. The number of carbonyl (C=O) groups is 1. The molecule has 0 unspecified atom stereocenters. The van der Waals surface area contributed by atoms with E-state index in [9.17, 15) is 18.0 Å². The highest BCUT2D eigenvalue weighted by Gasteiger charge is 2.43. The quantitative estimate of drug-likeness (QED) is 0.865. The van der Waals surface area contributed by atoms with E-state index in [4.69, 9.17) is 4.74 Å². The van der Waals surface area contributed by atoms with Gasteiger partial charge in [-0.3, -0.25) is 5.32 Å². The van der Waals surface area contributed by atoms with Crippen LogP contribution in [0.25, 0.3) is 0 Å². The van der Waals surface area contributed by atoms with Crippen molar-refractivity contribution in [2.24, 2.45) is 5.41 Å². The average Bonchev–Trinajstić information content (AvgIpc) is 3.11. The van der Waals surface area contributed by atoms with Crippen molar-refractivity contribution < 1.29 is 22.7 Å². The number of nitrogens with one attached hydrogen (secondary N) is 1. The Morgan fingerprint density at radius 2 is 2.29 bits per heavy atom. The van der Waals surface area contributed by atoms with Gasteiger partial charge in [0.05, 0.1) is 12.8 Å². The van der Waals surface area contributed by atoms with Crippen molar-refractivity contribution >= 4 is 22.5 Å². The molecule has 2 aliphatic rings. The highest BCUT2D eigenvalue weighted by atomic mass is 32.1. The number of likely N-dealkylation sites (tertiary alicyclic amines) is 1. The van der Waals surface area contributed by atoms with Gasteiger partial charge in [0.1, 0.15) is 4.88 Å². The number of aromatic nitrogens is 1. The zero-order valence-electron chi connectivity index (χ0n) is 11.1. The molecule has 1 N–H and O–H groups in total. The molecule has 21 heavy (non-hydrogen) atoms. The van der Waals surface area contributed by atoms with Gasteiger partial charge in [0.2, 0.25) is 0 Å². The van der Waals surface area contributed by atoms with Crippen LogP contribution in [0, 0.1) is 5.41 Å². The molecule has 1 aromatic heterocycles. The largest absolute Gasteiger partial charge is 0.427 e. The van der Waals surface area contributed by atoms with Crippen molar-refractivity contribution in [2.75, 3.05) is 31.6 Å². The Morgan fingerprint density at radius 3 is 2.90 bits per heavy atom. The van der Waals surface area contributed by atoms with E-state index in [0.717, 1.165) is 19.0 Å². The number of amides is 2. The first-order valence-electron chi connectivity index (χ1n) is 6.55. The second-order valence-corrected chi connectivity index (χ2v) is 6.46. The maximum absolute atomic E-state index is 12.5. The van der Waals surface area contributed by atoms with Crippen LogP contribution in [-0.2, 0) is 10.9 Å². The van der Waals surface area contributed by atoms with Crippen LogP contribution < -0.4 is 5.32 Å². The number of alkyl halides is 3. The molecular formula is C12H14F3N3O2S. The van der Waals surface area contributed by atoms with Gasteiger partial charge in [-0.25, -0.2) is 9.78 Å². The Hall–Kier alpha value is -1.35. The van der Waals surface area contributed by atoms with Gasteiger partial charge in [-0.15, -0.1) is 0 Å². The molecule has 1 aromatic rings. The Labute approximate surface area is 123 Å². The molecule has 2 aliphatic heterocycles. The van der Waals surface area contributed by atoms with Crippen LogP contribution in [-0.4, -0.2) is 42.2 Å². The van der Waals surface area contributed by atoms with Gasteiger partial charge in [-0.2, -0.15) is 13.2 Å². The fourth-order valence-electron chi connectivity index (χ4n) is 2.71. The molecule has 2 fully saturated rings. The van der Waals surface area contributed by atoms with Crippen LogP contribution in [0.2, 0.25) is 0 Å². The zero-order valence-corrected chi connectivity index (χ0v) is 11.9. The first kappa shape index (κ1) is 14.6. The van der Waals surface area contributed by atoms with Crippen molar-refractivity contribution in [1.82, 2.24) is 9.88 Å². The van der Waals surface area contributed by atoms with E-state index in [2.05, 4.69) is 10.3 Å². The first-order chi connectivity index (χ1) is 9.88. The van der Waals surface area contributed by atoms with Crippen molar-refractivity contribution in [3.05, 3.63) is 11.1 Å². The molecule has 1 atom stereocenters. The van der Waals surface area contributed by atoms with Gasteiger partial charge in [0.15, 0.2) is 5.13 Å². The number of thiazole rings is 1. The topological polar surface area (TPSA) is 54.5 Å². The molecule has 0 radical (unpaired) electrons. The molecule has 1 spiro atoms. The van der Waals surface area contributed by atoms with Crippen LogP contribution in [0.1, 0.15) is 17.7 Å². The van der Waals surface area contributed by atoms with Gasteiger partial charge in [-0.05, 0) is 12.8 Å². The Morgan fingerprint density at radius 1 is 1.48 bits per heavy atom. The number of hydrogen-bond donors (Lipinski definition) is 1. The third kappa shape index (κ3) is 2.98. The number of hydrogen-bond acceptors (Lipinski definition) is 4. The fraction of sp³-hybridized carbons (Fsp3) is 0.667. The lowest BCUT2D eigenvalue weighted by Gasteiger charge is -2.21. The minimum absolute atomic E-state index is 0.0251. The van der Waals surface area contributed by atoms with Crippen LogP contribution in [0.15, 0.2) is 6.20 Å². The van der Waals surface area contributed by atoms with E-state index in [1.165, 1.54) is 0 Å². The molecule has 116 valence electrons. The fourth-order valence-corrected chi connectivity index (χ4v) is 3.39. The number of rotatable bonds is 1. The first-order valence-corrected chi connectivity index (χ1v) is 7.36. The number of halogens is 3. The van der Waals surface area contributed by atoms with Gasteiger partial charge in [0, 0.05) is 25.1 Å². The maximum atomic E-state index is 12.5. The molecular weight excluding hydrogens is 307 g/mol. The summed E-state index contributed by atoms with van der Waals surface area (Å²) in [7, 11) is 0. The maximum Gasteiger partial charge on any atom is 0.427 e. The van der Waals surface area contributed by atoms with E-state index in [1.807, 2.05) is 0 Å². The van der Waals surface area contributed by atoms with Crippen molar-refractivity contribution in [1.29, 1.82) is 0 Å². The van der Waals surface area contributed by atoms with E-state index in [0.29, 0.717) is 37.6 Å². The minimum Gasteiger partial charge on any atom is -0.381 e. The second kappa shape index (κ2) is 5.13. The number of carbonyl (C=O) groups excluding carboxylic acids is 1. The van der Waals surface area contributed by atoms with Crippen LogP contribution in [0.5, 0.6) is 0 Å². The number of nitrogens with zero attached hydrogens (tertiary/aromatic N) is 2. The van der Waals surface area contributed by atoms with Crippen LogP contribution >= 0.6 is 11.3 Å². The highest BCUT2D eigenvalue weighted by molar-refractivity contribution is 7.15. The summed E-state index contributed by atoms with van der Waals surface area (Å²) in [5, 5.41) is 2.40. The predicted octanol–water partition coefficient (Wildman–Crippen LogP) is 2.81. The SMILES string of the molecule is O=C(Nc1ncc(C(F)(F)F)s1)N1CC[C@]2(CCOC2)C1. The van der Waals surface area contributed by atoms with Gasteiger partial charge >= 0.3 is 12.2 Å². The van der Waals surface area contributed by atoms with Gasteiger partial charge < -0.3 is 9.64 Å². The smallest absolute Gasteiger partial charge is 0.381 e. The predicted molar refractivity (Wildman–Crippen MR) is 70.2 cm³/mol. The standard InChI is InChI=1S/C12H14F3N3O2S/c13-12(14,15)8-5-16-9(21-8)17-10(19)18-3-1-11(6-18)2-4-20-7-11/h5H,1-4,6-7H2,(H,16,17,19)/t11-/m0/s1. The lowest BCUT2D eigenvalue weighted by atomic mass is 9.87. The third-order valence-electron chi connectivity index (χ3n) is 3.91. The molecule has 5 nitrogen and oxygen atoms in total. The average molecular weight is 321 g/mol. The van der Waals surface area contributed by atoms with E-state index < -0.39 is 17.1 Å². The van der Waals surface area contributed by atoms with E-state index >= 15 is 0 Å². The highest BCUT2D eigenvalue weighted by Crippen LogP contribution is 2.39. The molecule has 2 amide bonds. The summed E-state index contributed by atoms with van der Waals surface area (Å²) in [4.78, 5) is 16.5. The van der Waals surface area contributed by atoms with Gasteiger partial charge in [0.25, 0.3) is 0 Å². The summed E-state index contributed by atoms with van der Waals surface area (Å²) in [6.07, 6.45) is -1.91. The normalized spacial score (nSPS) is 25.8. The van der Waals surface area contributed by atoms with Crippen LogP contribution in [0.4, 0.5) is 23.1 Å².